The molecule has 0 spiro atoms. The minimum Gasteiger partial charge on any atom is -0.392 e. The summed E-state index contributed by atoms with van der Waals surface area (Å²) in [5.41, 5.74) is 3.15. The Hall–Kier alpha value is -1.53. The Kier molecular flexibility index (Phi) is 4.33. The summed E-state index contributed by atoms with van der Waals surface area (Å²) in [6, 6.07) is 8.10. The van der Waals surface area contributed by atoms with Gasteiger partial charge in [-0.05, 0) is 31.0 Å². The van der Waals surface area contributed by atoms with Crippen molar-refractivity contribution in [3.63, 3.8) is 0 Å². The molecule has 1 rings (SSSR count). The van der Waals surface area contributed by atoms with Crippen LogP contribution in [0.3, 0.4) is 0 Å². The fourth-order valence-electron chi connectivity index (χ4n) is 1.79. The van der Waals surface area contributed by atoms with Crippen LogP contribution in [0.5, 0.6) is 0 Å². The highest BCUT2D eigenvalue weighted by molar-refractivity contribution is 5.54. The van der Waals surface area contributed by atoms with Gasteiger partial charge < -0.3 is 10.0 Å². The van der Waals surface area contributed by atoms with Crippen LogP contribution in [0.15, 0.2) is 18.2 Å². The van der Waals surface area contributed by atoms with E-state index in [9.17, 15) is 0 Å². The zero-order valence-electron chi connectivity index (χ0n) is 10.1. The van der Waals surface area contributed by atoms with Gasteiger partial charge in [-0.25, -0.2) is 0 Å². The van der Waals surface area contributed by atoms with Crippen molar-refractivity contribution in [1.29, 1.82) is 5.26 Å². The van der Waals surface area contributed by atoms with Crippen LogP contribution in [0.4, 0.5) is 5.69 Å². The summed E-state index contributed by atoms with van der Waals surface area (Å²) in [7, 11) is 1.98. The first kappa shape index (κ1) is 12.5. The van der Waals surface area contributed by atoms with Crippen LogP contribution in [0.1, 0.15) is 18.1 Å². The summed E-state index contributed by atoms with van der Waals surface area (Å²) in [5, 5.41) is 17.8. The minimum absolute atomic E-state index is 0.0157. The number of aryl methyl sites for hydroxylation is 1. The van der Waals surface area contributed by atoms with Crippen LogP contribution in [0, 0.1) is 24.2 Å². The number of anilines is 1. The fourth-order valence-corrected chi connectivity index (χ4v) is 1.79. The molecule has 1 atom stereocenters. The van der Waals surface area contributed by atoms with Crippen molar-refractivity contribution in [1.82, 2.24) is 0 Å². The van der Waals surface area contributed by atoms with Crippen molar-refractivity contribution in [2.75, 3.05) is 18.5 Å². The number of nitriles is 1. The summed E-state index contributed by atoms with van der Waals surface area (Å²) in [4.78, 5) is 2.07. The van der Waals surface area contributed by atoms with E-state index in [4.69, 9.17) is 10.4 Å². The molecule has 0 fully saturated rings. The minimum atomic E-state index is 0.0157. The second-order valence-electron chi connectivity index (χ2n) is 4.19. The van der Waals surface area contributed by atoms with Gasteiger partial charge in [-0.3, -0.25) is 0 Å². The standard InChI is InChI=1S/C13H18N2O/c1-10(7-14)8-15(3)13-5-4-12(9-16)6-11(13)2/h4-6,10,16H,8-9H2,1-3H3. The molecule has 0 bridgehead atoms. The van der Waals surface area contributed by atoms with Gasteiger partial charge in [0.1, 0.15) is 0 Å². The maximum atomic E-state index is 9.02. The third-order valence-electron chi connectivity index (χ3n) is 2.62. The fraction of sp³-hybridized carbons (Fsp3) is 0.462. The van der Waals surface area contributed by atoms with Crippen molar-refractivity contribution >= 4 is 5.69 Å². The molecule has 86 valence electrons. The van der Waals surface area contributed by atoms with Crippen LogP contribution < -0.4 is 4.90 Å². The van der Waals surface area contributed by atoms with E-state index in [1.807, 2.05) is 39.1 Å². The number of benzene rings is 1. The van der Waals surface area contributed by atoms with Crippen molar-refractivity contribution in [2.24, 2.45) is 5.92 Å². The smallest absolute Gasteiger partial charge is 0.0681 e. The van der Waals surface area contributed by atoms with E-state index in [-0.39, 0.29) is 12.5 Å². The molecule has 0 saturated carbocycles. The molecule has 1 N–H and O–H groups in total. The van der Waals surface area contributed by atoms with Crippen LogP contribution >= 0.6 is 0 Å². The average Bonchev–Trinajstić information content (AvgIpc) is 2.28. The number of hydrogen-bond donors (Lipinski definition) is 1. The van der Waals surface area contributed by atoms with Crippen LogP contribution in [-0.2, 0) is 6.61 Å². The molecule has 3 nitrogen and oxygen atoms in total. The van der Waals surface area contributed by atoms with Crippen LogP contribution in [-0.4, -0.2) is 18.7 Å². The van der Waals surface area contributed by atoms with E-state index in [2.05, 4.69) is 11.0 Å². The molecule has 0 amide bonds. The molecule has 0 aliphatic heterocycles. The third-order valence-corrected chi connectivity index (χ3v) is 2.62. The van der Waals surface area contributed by atoms with Gasteiger partial charge in [-0.15, -0.1) is 0 Å². The van der Waals surface area contributed by atoms with E-state index >= 15 is 0 Å². The molecule has 0 aromatic heterocycles. The summed E-state index contributed by atoms with van der Waals surface area (Å²) < 4.78 is 0. The van der Waals surface area contributed by atoms with Gasteiger partial charge in [0.15, 0.2) is 0 Å². The van der Waals surface area contributed by atoms with E-state index in [0.717, 1.165) is 23.4 Å². The number of aliphatic hydroxyl groups excluding tert-OH is 1. The van der Waals surface area contributed by atoms with E-state index in [0.29, 0.717) is 0 Å². The van der Waals surface area contributed by atoms with Crippen LogP contribution in [0.25, 0.3) is 0 Å². The Morgan fingerprint density at radius 1 is 1.50 bits per heavy atom. The highest BCUT2D eigenvalue weighted by atomic mass is 16.3. The topological polar surface area (TPSA) is 47.3 Å². The Bertz CT molecular complexity index is 395. The third kappa shape index (κ3) is 2.98. The maximum absolute atomic E-state index is 9.02. The van der Waals surface area contributed by atoms with Gasteiger partial charge in [-0.1, -0.05) is 12.1 Å². The van der Waals surface area contributed by atoms with E-state index < -0.39 is 0 Å². The Morgan fingerprint density at radius 3 is 2.69 bits per heavy atom. The highest BCUT2D eigenvalue weighted by Crippen LogP contribution is 2.21. The van der Waals surface area contributed by atoms with Gasteiger partial charge >= 0.3 is 0 Å². The molecule has 1 unspecified atom stereocenters. The van der Waals surface area contributed by atoms with Crippen molar-refractivity contribution in [3.8, 4) is 6.07 Å². The lowest BCUT2D eigenvalue weighted by Crippen LogP contribution is -2.23. The second kappa shape index (κ2) is 5.53. The van der Waals surface area contributed by atoms with Gasteiger partial charge in [0.25, 0.3) is 0 Å². The summed E-state index contributed by atoms with van der Waals surface area (Å²) in [6.45, 7) is 4.71. The maximum Gasteiger partial charge on any atom is 0.0681 e. The molecule has 16 heavy (non-hydrogen) atoms. The number of hydrogen-bond acceptors (Lipinski definition) is 3. The first-order valence-corrected chi connectivity index (χ1v) is 5.39. The molecule has 1 aromatic carbocycles. The summed E-state index contributed by atoms with van der Waals surface area (Å²) >= 11 is 0. The SMILES string of the molecule is Cc1cc(CO)ccc1N(C)CC(C)C#N. The largest absolute Gasteiger partial charge is 0.392 e. The zero-order valence-corrected chi connectivity index (χ0v) is 10.1. The highest BCUT2D eigenvalue weighted by Gasteiger charge is 2.08. The molecule has 1 aromatic rings. The van der Waals surface area contributed by atoms with Crippen LogP contribution in [0.2, 0.25) is 0 Å². The zero-order chi connectivity index (χ0) is 12.1. The Morgan fingerprint density at radius 2 is 2.19 bits per heavy atom. The number of nitrogens with zero attached hydrogens (tertiary/aromatic N) is 2. The molecule has 0 radical (unpaired) electrons. The first-order chi connectivity index (χ1) is 7.58. The monoisotopic (exact) mass is 218 g/mol. The molecular formula is C13H18N2O. The van der Waals surface area contributed by atoms with E-state index in [1.165, 1.54) is 0 Å². The van der Waals surface area contributed by atoms with Gasteiger partial charge in [-0.2, -0.15) is 5.26 Å². The lowest BCUT2D eigenvalue weighted by Gasteiger charge is -2.22. The van der Waals surface area contributed by atoms with Crippen molar-refractivity contribution in [2.45, 2.75) is 20.5 Å². The lowest BCUT2D eigenvalue weighted by atomic mass is 10.1. The molecule has 0 aliphatic rings. The molecular weight excluding hydrogens is 200 g/mol. The Balaban J connectivity index is 2.84. The molecule has 0 heterocycles. The van der Waals surface area contributed by atoms with Gasteiger partial charge in [0.2, 0.25) is 0 Å². The predicted octanol–water partition coefficient (Wildman–Crippen LogP) is 2.08. The van der Waals surface area contributed by atoms with E-state index in [1.54, 1.807) is 0 Å². The molecule has 0 aliphatic carbocycles. The van der Waals surface area contributed by atoms with Gasteiger partial charge in [0, 0.05) is 19.3 Å². The number of aliphatic hydroxyl groups is 1. The molecule has 3 heteroatoms. The normalized spacial score (nSPS) is 11.9. The van der Waals surface area contributed by atoms with Gasteiger partial charge in [0.05, 0.1) is 18.6 Å². The molecule has 0 saturated heterocycles. The Labute approximate surface area is 96.9 Å². The second-order valence-corrected chi connectivity index (χ2v) is 4.19. The number of rotatable bonds is 4. The summed E-state index contributed by atoms with van der Waals surface area (Å²) in [6.07, 6.45) is 0. The first-order valence-electron chi connectivity index (χ1n) is 5.39. The quantitative estimate of drug-likeness (QED) is 0.841. The lowest BCUT2D eigenvalue weighted by molar-refractivity contribution is 0.282. The van der Waals surface area contributed by atoms with Crippen molar-refractivity contribution in [3.05, 3.63) is 29.3 Å². The van der Waals surface area contributed by atoms with Crippen molar-refractivity contribution < 1.29 is 5.11 Å². The summed E-state index contributed by atoms with van der Waals surface area (Å²) in [5.74, 6) is 0.0157. The predicted molar refractivity (Wildman–Crippen MR) is 65.1 cm³/mol. The average molecular weight is 218 g/mol.